The quantitative estimate of drug-likeness (QED) is 0.778. The maximum Gasteiger partial charge on any atom is 0.254 e. The average molecular weight is 396 g/mol. The van der Waals surface area contributed by atoms with Gasteiger partial charge in [-0.3, -0.25) is 9.69 Å². The molecule has 29 heavy (non-hydrogen) atoms. The van der Waals surface area contributed by atoms with Crippen molar-refractivity contribution in [2.45, 2.75) is 6.54 Å². The van der Waals surface area contributed by atoms with E-state index >= 15 is 0 Å². The van der Waals surface area contributed by atoms with Crippen LogP contribution >= 0.6 is 0 Å². The second-order valence-corrected chi connectivity index (χ2v) is 7.56. The van der Waals surface area contributed by atoms with Gasteiger partial charge in [0.15, 0.2) is 0 Å². The van der Waals surface area contributed by atoms with Crippen molar-refractivity contribution < 1.29 is 14.3 Å². The smallest absolute Gasteiger partial charge is 0.254 e. The highest BCUT2D eigenvalue weighted by Crippen LogP contribution is 2.21. The molecule has 2 aromatic rings. The van der Waals surface area contributed by atoms with Crippen molar-refractivity contribution in [2.75, 3.05) is 64.5 Å². The molecule has 2 aromatic carbocycles. The normalized spacial score (nSPS) is 18.0. The van der Waals surface area contributed by atoms with Crippen molar-refractivity contribution >= 4 is 11.6 Å². The number of piperazine rings is 1. The monoisotopic (exact) mass is 395 g/mol. The fourth-order valence-electron chi connectivity index (χ4n) is 3.92. The molecule has 154 valence electrons. The van der Waals surface area contributed by atoms with Gasteiger partial charge in [-0.1, -0.05) is 12.1 Å². The van der Waals surface area contributed by atoms with Crippen LogP contribution in [0.4, 0.5) is 5.69 Å². The number of benzene rings is 2. The molecular formula is C23H29N3O3. The molecule has 2 fully saturated rings. The molecule has 0 aliphatic carbocycles. The number of ether oxygens (including phenoxy) is 2. The Hall–Kier alpha value is -2.57. The fraction of sp³-hybridized carbons (Fsp3) is 0.435. The molecule has 0 spiro atoms. The Kier molecular flexibility index (Phi) is 6.32. The first-order chi connectivity index (χ1) is 14.2. The number of rotatable bonds is 5. The van der Waals surface area contributed by atoms with Crippen LogP contribution in [0.5, 0.6) is 5.75 Å². The molecule has 1 amide bonds. The zero-order chi connectivity index (χ0) is 20.1. The summed E-state index contributed by atoms with van der Waals surface area (Å²) in [4.78, 5) is 19.3. The van der Waals surface area contributed by atoms with Crippen LogP contribution < -0.4 is 9.64 Å². The number of hydrogen-bond acceptors (Lipinski definition) is 5. The van der Waals surface area contributed by atoms with Gasteiger partial charge in [-0.05, 0) is 42.0 Å². The highest BCUT2D eigenvalue weighted by atomic mass is 16.5. The van der Waals surface area contributed by atoms with Crippen LogP contribution in [0.2, 0.25) is 0 Å². The van der Waals surface area contributed by atoms with Gasteiger partial charge >= 0.3 is 0 Å². The van der Waals surface area contributed by atoms with E-state index in [-0.39, 0.29) is 5.91 Å². The number of methoxy groups -OCH3 is 1. The van der Waals surface area contributed by atoms with Gasteiger partial charge in [-0.25, -0.2) is 0 Å². The largest absolute Gasteiger partial charge is 0.497 e. The summed E-state index contributed by atoms with van der Waals surface area (Å²) in [6, 6.07) is 16.4. The molecule has 0 aromatic heterocycles. The first-order valence-corrected chi connectivity index (χ1v) is 10.3. The molecule has 2 saturated heterocycles. The van der Waals surface area contributed by atoms with Gasteiger partial charge in [0.25, 0.3) is 5.91 Å². The highest BCUT2D eigenvalue weighted by molar-refractivity contribution is 5.94. The van der Waals surface area contributed by atoms with E-state index in [2.05, 4.69) is 34.1 Å². The number of nitrogens with zero attached hydrogens (tertiary/aromatic N) is 3. The lowest BCUT2D eigenvalue weighted by atomic mass is 10.1. The molecule has 0 radical (unpaired) electrons. The number of carbonyl (C=O) groups is 1. The first-order valence-electron chi connectivity index (χ1n) is 10.3. The van der Waals surface area contributed by atoms with Crippen LogP contribution in [0.25, 0.3) is 0 Å². The van der Waals surface area contributed by atoms with Crippen molar-refractivity contribution in [3.8, 4) is 5.75 Å². The van der Waals surface area contributed by atoms with Crippen molar-refractivity contribution in [1.82, 2.24) is 9.80 Å². The maximum absolute atomic E-state index is 12.6. The van der Waals surface area contributed by atoms with E-state index in [9.17, 15) is 4.79 Å². The average Bonchev–Trinajstić information content (AvgIpc) is 2.80. The maximum atomic E-state index is 12.6. The number of anilines is 1. The number of carbonyl (C=O) groups excluding carboxylic acids is 1. The van der Waals surface area contributed by atoms with Crippen LogP contribution in [0, 0.1) is 0 Å². The Morgan fingerprint density at radius 1 is 0.897 bits per heavy atom. The fourth-order valence-corrected chi connectivity index (χ4v) is 3.92. The highest BCUT2D eigenvalue weighted by Gasteiger charge is 2.20. The Bertz CT molecular complexity index is 793. The number of morpholine rings is 1. The predicted octanol–water partition coefficient (Wildman–Crippen LogP) is 2.49. The van der Waals surface area contributed by atoms with E-state index in [0.29, 0.717) is 26.3 Å². The summed E-state index contributed by atoms with van der Waals surface area (Å²) in [6.45, 7) is 7.63. The van der Waals surface area contributed by atoms with Crippen molar-refractivity contribution in [3.63, 3.8) is 0 Å². The third kappa shape index (κ3) is 4.89. The molecule has 2 aliphatic heterocycles. The zero-order valence-electron chi connectivity index (χ0n) is 17.0. The summed E-state index contributed by atoms with van der Waals surface area (Å²) in [5, 5.41) is 0. The van der Waals surface area contributed by atoms with Gasteiger partial charge in [0, 0.05) is 57.1 Å². The van der Waals surface area contributed by atoms with E-state index in [1.165, 1.54) is 11.3 Å². The molecule has 0 bridgehead atoms. The van der Waals surface area contributed by atoms with Gasteiger partial charge < -0.3 is 19.3 Å². The van der Waals surface area contributed by atoms with Crippen LogP contribution in [0.1, 0.15) is 15.9 Å². The molecule has 4 rings (SSSR count). The molecule has 2 heterocycles. The Balaban J connectivity index is 1.28. The summed E-state index contributed by atoms with van der Waals surface area (Å²) in [5.41, 5.74) is 3.26. The van der Waals surface area contributed by atoms with Crippen molar-refractivity contribution in [3.05, 3.63) is 59.7 Å². The minimum atomic E-state index is 0.105. The van der Waals surface area contributed by atoms with E-state index in [1.54, 1.807) is 7.11 Å². The van der Waals surface area contributed by atoms with E-state index in [4.69, 9.17) is 9.47 Å². The van der Waals surface area contributed by atoms with E-state index < -0.39 is 0 Å². The van der Waals surface area contributed by atoms with Crippen LogP contribution in [-0.4, -0.2) is 75.3 Å². The summed E-state index contributed by atoms with van der Waals surface area (Å²) >= 11 is 0. The second kappa shape index (κ2) is 9.29. The molecule has 0 unspecified atom stereocenters. The standard InChI is InChI=1S/C23H29N3O3/c1-28-22-8-6-21(7-9-22)25-12-10-24(11-13-25)18-19-2-4-20(5-3-19)23(27)26-14-16-29-17-15-26/h2-9H,10-18H2,1H3. The Morgan fingerprint density at radius 3 is 2.17 bits per heavy atom. The van der Waals surface area contributed by atoms with Crippen LogP contribution in [0.3, 0.4) is 0 Å². The molecule has 6 heteroatoms. The van der Waals surface area contributed by atoms with Gasteiger partial charge in [0.2, 0.25) is 0 Å². The van der Waals surface area contributed by atoms with Gasteiger partial charge in [0.1, 0.15) is 5.75 Å². The van der Waals surface area contributed by atoms with Crippen molar-refractivity contribution in [1.29, 1.82) is 0 Å². The number of hydrogen-bond donors (Lipinski definition) is 0. The van der Waals surface area contributed by atoms with Crippen LogP contribution in [-0.2, 0) is 11.3 Å². The SMILES string of the molecule is COc1ccc(N2CCN(Cc3ccc(C(=O)N4CCOCC4)cc3)CC2)cc1. The summed E-state index contributed by atoms with van der Waals surface area (Å²) < 4.78 is 10.6. The summed E-state index contributed by atoms with van der Waals surface area (Å²) in [5.74, 6) is 0.996. The third-order valence-corrected chi connectivity index (χ3v) is 5.72. The lowest BCUT2D eigenvalue weighted by molar-refractivity contribution is 0.0303. The van der Waals surface area contributed by atoms with Crippen molar-refractivity contribution in [2.24, 2.45) is 0 Å². The summed E-state index contributed by atoms with van der Waals surface area (Å²) in [6.07, 6.45) is 0. The second-order valence-electron chi connectivity index (χ2n) is 7.56. The lowest BCUT2D eigenvalue weighted by Crippen LogP contribution is -2.45. The molecule has 0 N–H and O–H groups in total. The minimum absolute atomic E-state index is 0.105. The molecule has 0 atom stereocenters. The zero-order valence-corrected chi connectivity index (χ0v) is 17.0. The van der Waals surface area contributed by atoms with Gasteiger partial charge in [-0.15, -0.1) is 0 Å². The molecule has 6 nitrogen and oxygen atoms in total. The third-order valence-electron chi connectivity index (χ3n) is 5.72. The predicted molar refractivity (Wildman–Crippen MR) is 114 cm³/mol. The summed E-state index contributed by atoms with van der Waals surface area (Å²) in [7, 11) is 1.69. The number of amides is 1. The van der Waals surface area contributed by atoms with Gasteiger partial charge in [0.05, 0.1) is 20.3 Å². The first kappa shape index (κ1) is 19.7. The molecule has 2 aliphatic rings. The van der Waals surface area contributed by atoms with Crippen LogP contribution in [0.15, 0.2) is 48.5 Å². The Labute approximate surface area is 172 Å². The van der Waals surface area contributed by atoms with E-state index in [1.807, 2.05) is 29.2 Å². The molecular weight excluding hydrogens is 366 g/mol. The molecule has 0 saturated carbocycles. The van der Waals surface area contributed by atoms with Gasteiger partial charge in [-0.2, -0.15) is 0 Å². The lowest BCUT2D eigenvalue weighted by Gasteiger charge is -2.36. The Morgan fingerprint density at radius 2 is 1.55 bits per heavy atom. The van der Waals surface area contributed by atoms with E-state index in [0.717, 1.165) is 44.0 Å². The minimum Gasteiger partial charge on any atom is -0.497 e. The topological polar surface area (TPSA) is 45.2 Å².